The average Bonchev–Trinajstić information content (AvgIpc) is 3.32. The van der Waals surface area contributed by atoms with Crippen molar-refractivity contribution in [2.45, 2.75) is 25.8 Å². The van der Waals surface area contributed by atoms with E-state index in [0.29, 0.717) is 42.1 Å². The first-order valence-electron chi connectivity index (χ1n) is 12.4. The Balaban J connectivity index is 1.44. The van der Waals surface area contributed by atoms with E-state index in [1.165, 1.54) is 6.07 Å². The van der Waals surface area contributed by atoms with Gasteiger partial charge < -0.3 is 19.9 Å². The minimum atomic E-state index is -0.110. The molecule has 1 saturated heterocycles. The Morgan fingerprint density at radius 1 is 1.14 bits per heavy atom. The largest absolute Gasteiger partial charge is 0.491 e. The highest BCUT2D eigenvalue weighted by molar-refractivity contribution is 5.82. The van der Waals surface area contributed by atoms with Crippen LogP contribution >= 0.6 is 0 Å². The summed E-state index contributed by atoms with van der Waals surface area (Å²) in [5.74, 6) is 4.82. The van der Waals surface area contributed by atoms with Crippen molar-refractivity contribution in [3.05, 3.63) is 46.4 Å². The molecule has 1 N–H and O–H groups in total. The molecule has 0 spiro atoms. The molecule has 4 heterocycles. The standard InChI is InChI=1S/C27H30N6O2/c1-3-20-13-25(34)33-16-18-4-5-19(12-18)17-35-24-14-21(29-27-28-15-22(20)26(33)30-27)6-7-23(24)32-10-8-31(2)9-11-32/h1,6-7,13-15,18-19H,4-5,8-12,16-17H2,2H3,(H,28,29,30)/t18-,19+/m0/s1. The quantitative estimate of drug-likeness (QED) is 0.548. The lowest BCUT2D eigenvalue weighted by molar-refractivity contribution is 0.245. The second-order valence-corrected chi connectivity index (χ2v) is 10.0. The lowest BCUT2D eigenvalue weighted by Gasteiger charge is -2.35. The van der Waals surface area contributed by atoms with Gasteiger partial charge in [-0.2, -0.15) is 4.98 Å². The van der Waals surface area contributed by atoms with Crippen LogP contribution in [0.3, 0.4) is 0 Å². The average molecular weight is 471 g/mol. The molecule has 2 fully saturated rings. The fourth-order valence-electron chi connectivity index (χ4n) is 5.61. The molecule has 35 heavy (non-hydrogen) atoms. The molecule has 0 amide bonds. The van der Waals surface area contributed by atoms with Crippen LogP contribution in [-0.2, 0) is 6.54 Å². The molecule has 0 unspecified atom stereocenters. The predicted molar refractivity (Wildman–Crippen MR) is 137 cm³/mol. The summed E-state index contributed by atoms with van der Waals surface area (Å²) >= 11 is 0. The lowest BCUT2D eigenvalue weighted by Crippen LogP contribution is -2.44. The van der Waals surface area contributed by atoms with E-state index >= 15 is 0 Å². The van der Waals surface area contributed by atoms with E-state index < -0.39 is 0 Å². The van der Waals surface area contributed by atoms with Crippen LogP contribution in [0.1, 0.15) is 24.8 Å². The second-order valence-electron chi connectivity index (χ2n) is 10.0. The number of terminal acetylenes is 1. The number of rotatable bonds is 1. The third-order valence-corrected chi connectivity index (χ3v) is 7.63. The van der Waals surface area contributed by atoms with Gasteiger partial charge in [-0.05, 0) is 50.3 Å². The third-order valence-electron chi connectivity index (χ3n) is 7.63. The summed E-state index contributed by atoms with van der Waals surface area (Å²) in [5.41, 5.74) is 3.00. The molecule has 2 aliphatic heterocycles. The molecule has 8 heteroatoms. The van der Waals surface area contributed by atoms with E-state index in [4.69, 9.17) is 16.1 Å². The summed E-state index contributed by atoms with van der Waals surface area (Å²) < 4.78 is 8.24. The molecule has 2 aromatic heterocycles. The number of hydrogen-bond acceptors (Lipinski definition) is 7. The molecular formula is C27H30N6O2. The van der Waals surface area contributed by atoms with Crippen LogP contribution in [-0.4, -0.2) is 59.3 Å². The molecule has 0 radical (unpaired) electrons. The van der Waals surface area contributed by atoms with E-state index in [1.54, 1.807) is 10.8 Å². The maximum atomic E-state index is 13.0. The van der Waals surface area contributed by atoms with Crippen LogP contribution in [0.5, 0.6) is 5.75 Å². The lowest BCUT2D eigenvalue weighted by atomic mass is 10.0. The summed E-state index contributed by atoms with van der Waals surface area (Å²) in [4.78, 5) is 27.0. The molecule has 1 aliphatic carbocycles. The van der Waals surface area contributed by atoms with E-state index in [9.17, 15) is 4.79 Å². The number of nitrogens with one attached hydrogen (secondary N) is 1. The predicted octanol–water partition coefficient (Wildman–Crippen LogP) is 3.08. The fraction of sp³-hybridized carbons (Fsp3) is 0.444. The molecule has 180 valence electrons. The van der Waals surface area contributed by atoms with Gasteiger partial charge in [0.05, 0.1) is 17.7 Å². The Morgan fingerprint density at radius 3 is 2.80 bits per heavy atom. The Hall–Kier alpha value is -3.57. The minimum absolute atomic E-state index is 0.110. The van der Waals surface area contributed by atoms with E-state index in [0.717, 1.165) is 68.0 Å². The van der Waals surface area contributed by atoms with Crippen molar-refractivity contribution in [3.63, 3.8) is 0 Å². The normalized spacial score (nSPS) is 22.3. The first-order valence-corrected chi connectivity index (χ1v) is 12.4. The van der Waals surface area contributed by atoms with Crippen LogP contribution < -0.4 is 20.5 Å². The summed E-state index contributed by atoms with van der Waals surface area (Å²) in [6, 6.07) is 7.74. The monoisotopic (exact) mass is 470 g/mol. The Bertz CT molecular complexity index is 1370. The van der Waals surface area contributed by atoms with Crippen molar-refractivity contribution in [1.82, 2.24) is 19.4 Å². The van der Waals surface area contributed by atoms with Gasteiger partial charge in [0.15, 0.2) is 0 Å². The number of benzene rings is 1. The number of fused-ring (bicyclic) bond motifs is 5. The van der Waals surface area contributed by atoms with Gasteiger partial charge >= 0.3 is 0 Å². The SMILES string of the molecule is C#Cc1cc(=O)n2c3nc(ncc13)Nc1ccc(N3CCN(C)CC3)c(c1)OC[C@@H]1CC[C@@H](C1)C2. The van der Waals surface area contributed by atoms with Gasteiger partial charge in [-0.3, -0.25) is 9.36 Å². The van der Waals surface area contributed by atoms with Crippen LogP contribution in [0.2, 0.25) is 0 Å². The van der Waals surface area contributed by atoms with Gasteiger partial charge in [0.25, 0.3) is 5.56 Å². The van der Waals surface area contributed by atoms with Gasteiger partial charge in [-0.15, -0.1) is 6.42 Å². The molecule has 6 rings (SSSR count). The first-order chi connectivity index (χ1) is 17.1. The van der Waals surface area contributed by atoms with Gasteiger partial charge in [-0.1, -0.05) is 5.92 Å². The van der Waals surface area contributed by atoms with Crippen molar-refractivity contribution in [2.24, 2.45) is 11.8 Å². The zero-order valence-corrected chi connectivity index (χ0v) is 20.0. The smallest absolute Gasteiger partial charge is 0.253 e. The first kappa shape index (κ1) is 21.9. The summed E-state index contributed by atoms with van der Waals surface area (Å²) in [6.45, 7) is 5.35. The number of hydrogen-bond donors (Lipinski definition) is 1. The molecule has 2 atom stereocenters. The van der Waals surface area contributed by atoms with Crippen LogP contribution in [0.15, 0.2) is 35.3 Å². The molecule has 1 saturated carbocycles. The van der Waals surface area contributed by atoms with E-state index in [-0.39, 0.29) is 5.56 Å². The van der Waals surface area contributed by atoms with Crippen molar-refractivity contribution in [1.29, 1.82) is 0 Å². The van der Waals surface area contributed by atoms with Crippen LogP contribution in [0.25, 0.3) is 11.0 Å². The molecule has 3 aliphatic rings. The summed E-state index contributed by atoms with van der Waals surface area (Å²) in [7, 11) is 2.16. The number of aromatic nitrogens is 3. The third kappa shape index (κ3) is 4.21. The molecule has 1 aromatic carbocycles. The van der Waals surface area contributed by atoms with Crippen molar-refractivity contribution in [3.8, 4) is 18.1 Å². The number of anilines is 3. The van der Waals surface area contributed by atoms with Gasteiger partial charge in [0.2, 0.25) is 5.95 Å². The molecule has 8 nitrogen and oxygen atoms in total. The molecule has 6 bridgehead atoms. The van der Waals surface area contributed by atoms with Crippen molar-refractivity contribution < 1.29 is 4.74 Å². The zero-order chi connectivity index (χ0) is 23.9. The van der Waals surface area contributed by atoms with E-state index in [2.05, 4.69) is 39.1 Å². The molecule has 3 aromatic rings. The van der Waals surface area contributed by atoms with Gasteiger partial charge in [0, 0.05) is 62.3 Å². The Kier molecular flexibility index (Phi) is 5.57. The highest BCUT2D eigenvalue weighted by atomic mass is 16.5. The molecular weight excluding hydrogens is 440 g/mol. The Morgan fingerprint density at radius 2 is 1.97 bits per heavy atom. The van der Waals surface area contributed by atoms with Gasteiger partial charge in [0.1, 0.15) is 11.4 Å². The summed E-state index contributed by atoms with van der Waals surface area (Å²) in [5, 5.41) is 4.05. The zero-order valence-electron chi connectivity index (χ0n) is 20.0. The minimum Gasteiger partial charge on any atom is -0.491 e. The van der Waals surface area contributed by atoms with Crippen molar-refractivity contribution >= 4 is 28.4 Å². The number of pyridine rings is 1. The van der Waals surface area contributed by atoms with Crippen molar-refractivity contribution in [2.75, 3.05) is 50.1 Å². The second kappa shape index (κ2) is 8.90. The number of ether oxygens (including phenoxy) is 1. The Labute approximate surface area is 204 Å². The van der Waals surface area contributed by atoms with E-state index in [1.807, 2.05) is 12.1 Å². The number of piperazine rings is 1. The topological polar surface area (TPSA) is 75.5 Å². The highest BCUT2D eigenvalue weighted by Gasteiger charge is 2.28. The number of likely N-dealkylation sites (N-methyl/N-ethyl adjacent to an activating group) is 1. The summed E-state index contributed by atoms with van der Waals surface area (Å²) in [6.07, 6.45) is 10.6. The van der Waals surface area contributed by atoms with Crippen LogP contribution in [0, 0.1) is 24.2 Å². The fourth-order valence-corrected chi connectivity index (χ4v) is 5.61. The maximum Gasteiger partial charge on any atom is 0.253 e. The van der Waals surface area contributed by atoms with Gasteiger partial charge in [-0.25, -0.2) is 4.98 Å². The number of nitrogens with zero attached hydrogens (tertiary/aromatic N) is 5. The maximum absolute atomic E-state index is 13.0. The highest BCUT2D eigenvalue weighted by Crippen LogP contribution is 2.37. The van der Waals surface area contributed by atoms with Crippen LogP contribution in [0.4, 0.5) is 17.3 Å².